The first-order valence-corrected chi connectivity index (χ1v) is 5.26. The van der Waals surface area contributed by atoms with E-state index in [9.17, 15) is 9.18 Å². The van der Waals surface area contributed by atoms with Crippen LogP contribution in [0.25, 0.3) is 0 Å². The summed E-state index contributed by atoms with van der Waals surface area (Å²) in [5.74, 6) is -0.447. The molecule has 1 atom stereocenters. The Labute approximate surface area is 107 Å². The number of rotatable bonds is 4. The molecule has 0 aromatic heterocycles. The zero-order valence-electron chi connectivity index (χ0n) is 10.2. The molecule has 0 heterocycles. The van der Waals surface area contributed by atoms with Gasteiger partial charge in [-0.05, 0) is 37.7 Å². The summed E-state index contributed by atoms with van der Waals surface area (Å²) < 4.78 is 13.0. The number of carbonyl (C=O) groups excluding carboxylic acids is 1. The number of nitrogens with one attached hydrogen (secondary N) is 2. The molecule has 1 aromatic carbocycles. The molecule has 0 radical (unpaired) electrons. The third kappa shape index (κ3) is 4.71. The van der Waals surface area contributed by atoms with Crippen molar-refractivity contribution in [3.63, 3.8) is 0 Å². The average Bonchev–Trinajstić information content (AvgIpc) is 2.24. The van der Waals surface area contributed by atoms with Gasteiger partial charge in [-0.1, -0.05) is 6.92 Å². The topological polar surface area (TPSA) is 41.1 Å². The zero-order chi connectivity index (χ0) is 12.1. The van der Waals surface area contributed by atoms with Crippen LogP contribution in [0.4, 0.5) is 10.1 Å². The van der Waals surface area contributed by atoms with Crippen LogP contribution in [0.15, 0.2) is 18.2 Å². The molecule has 1 unspecified atom stereocenters. The van der Waals surface area contributed by atoms with E-state index in [1.165, 1.54) is 6.07 Å². The van der Waals surface area contributed by atoms with Gasteiger partial charge in [0.15, 0.2) is 0 Å². The van der Waals surface area contributed by atoms with Crippen LogP contribution in [-0.4, -0.2) is 19.5 Å². The van der Waals surface area contributed by atoms with Crippen molar-refractivity contribution >= 4 is 24.0 Å². The number of halogens is 2. The van der Waals surface area contributed by atoms with Crippen LogP contribution < -0.4 is 10.6 Å². The number of hydrogen-bond donors (Lipinski definition) is 2. The molecule has 0 bridgehead atoms. The third-order valence-corrected chi connectivity index (χ3v) is 2.38. The van der Waals surface area contributed by atoms with E-state index in [1.54, 1.807) is 26.1 Å². The monoisotopic (exact) mass is 260 g/mol. The van der Waals surface area contributed by atoms with E-state index in [0.717, 1.165) is 0 Å². The second-order valence-electron chi connectivity index (χ2n) is 3.91. The predicted molar refractivity (Wildman–Crippen MR) is 70.1 cm³/mol. The van der Waals surface area contributed by atoms with Crippen LogP contribution in [0.2, 0.25) is 0 Å². The summed E-state index contributed by atoms with van der Waals surface area (Å²) in [5, 5.41) is 5.68. The van der Waals surface area contributed by atoms with Crippen molar-refractivity contribution in [2.75, 3.05) is 18.9 Å². The van der Waals surface area contributed by atoms with E-state index in [-0.39, 0.29) is 30.0 Å². The van der Waals surface area contributed by atoms with Crippen LogP contribution in [0, 0.1) is 18.7 Å². The summed E-state index contributed by atoms with van der Waals surface area (Å²) in [7, 11) is 1.80. The lowest BCUT2D eigenvalue weighted by molar-refractivity contribution is -0.119. The first kappa shape index (κ1) is 15.9. The summed E-state index contributed by atoms with van der Waals surface area (Å²) in [5.41, 5.74) is 1.16. The third-order valence-electron chi connectivity index (χ3n) is 2.38. The SMILES string of the molecule is CNCC(C)C(=O)Nc1ccc(F)c(C)c1.Cl. The molecule has 3 nitrogen and oxygen atoms in total. The fourth-order valence-electron chi connectivity index (χ4n) is 1.39. The Morgan fingerprint density at radius 3 is 2.65 bits per heavy atom. The Morgan fingerprint density at radius 2 is 2.12 bits per heavy atom. The van der Waals surface area contributed by atoms with Crippen molar-refractivity contribution in [3.05, 3.63) is 29.6 Å². The molecule has 1 aromatic rings. The highest BCUT2D eigenvalue weighted by molar-refractivity contribution is 5.92. The van der Waals surface area contributed by atoms with Gasteiger partial charge in [0.1, 0.15) is 5.82 Å². The molecule has 96 valence electrons. The number of benzene rings is 1. The van der Waals surface area contributed by atoms with Crippen LogP contribution in [0.1, 0.15) is 12.5 Å². The van der Waals surface area contributed by atoms with Gasteiger partial charge >= 0.3 is 0 Å². The Hall–Kier alpha value is -1.13. The molecule has 0 saturated carbocycles. The minimum absolute atomic E-state index is 0. The molecule has 0 fully saturated rings. The van der Waals surface area contributed by atoms with E-state index in [0.29, 0.717) is 17.8 Å². The minimum Gasteiger partial charge on any atom is -0.326 e. The zero-order valence-corrected chi connectivity index (χ0v) is 11.0. The van der Waals surface area contributed by atoms with Gasteiger partial charge in [0.2, 0.25) is 5.91 Å². The fraction of sp³-hybridized carbons (Fsp3) is 0.417. The first-order valence-electron chi connectivity index (χ1n) is 5.26. The Balaban J connectivity index is 0.00000256. The number of anilines is 1. The summed E-state index contributed by atoms with van der Waals surface area (Å²) in [6, 6.07) is 4.54. The van der Waals surface area contributed by atoms with Gasteiger partial charge in [0.25, 0.3) is 0 Å². The maximum Gasteiger partial charge on any atom is 0.228 e. The lowest BCUT2D eigenvalue weighted by Gasteiger charge is -2.12. The number of hydrogen-bond acceptors (Lipinski definition) is 2. The number of carbonyl (C=O) groups is 1. The fourth-order valence-corrected chi connectivity index (χ4v) is 1.39. The van der Waals surface area contributed by atoms with Gasteiger partial charge < -0.3 is 10.6 Å². The van der Waals surface area contributed by atoms with Crippen LogP contribution in [0.5, 0.6) is 0 Å². The van der Waals surface area contributed by atoms with Gasteiger partial charge in [-0.25, -0.2) is 4.39 Å². The molecule has 0 aliphatic heterocycles. The van der Waals surface area contributed by atoms with E-state index >= 15 is 0 Å². The van der Waals surface area contributed by atoms with Crippen molar-refractivity contribution in [3.8, 4) is 0 Å². The molecular weight excluding hydrogens is 243 g/mol. The van der Waals surface area contributed by atoms with Gasteiger partial charge in [0, 0.05) is 18.2 Å². The molecular formula is C12H18ClFN2O. The summed E-state index contributed by atoms with van der Waals surface area (Å²) >= 11 is 0. The van der Waals surface area contributed by atoms with Crippen LogP contribution in [-0.2, 0) is 4.79 Å². The second kappa shape index (κ2) is 7.25. The molecule has 17 heavy (non-hydrogen) atoms. The largest absolute Gasteiger partial charge is 0.326 e. The van der Waals surface area contributed by atoms with Crippen molar-refractivity contribution in [2.45, 2.75) is 13.8 Å². The Morgan fingerprint density at radius 1 is 1.47 bits per heavy atom. The Bertz CT molecular complexity index is 385. The van der Waals surface area contributed by atoms with Crippen molar-refractivity contribution in [1.29, 1.82) is 0 Å². The van der Waals surface area contributed by atoms with E-state index < -0.39 is 0 Å². The van der Waals surface area contributed by atoms with E-state index in [4.69, 9.17) is 0 Å². The summed E-state index contributed by atoms with van der Waals surface area (Å²) in [6.45, 7) is 4.12. The van der Waals surface area contributed by atoms with Crippen molar-refractivity contribution in [1.82, 2.24) is 5.32 Å². The standard InChI is InChI=1S/C12H17FN2O.ClH/c1-8-6-10(4-5-11(8)13)15-12(16)9(2)7-14-3;/h4-6,9,14H,7H2,1-3H3,(H,15,16);1H. The highest BCUT2D eigenvalue weighted by Gasteiger charge is 2.12. The lowest BCUT2D eigenvalue weighted by Crippen LogP contribution is -2.28. The smallest absolute Gasteiger partial charge is 0.228 e. The van der Waals surface area contributed by atoms with E-state index in [2.05, 4.69) is 10.6 Å². The molecule has 0 saturated heterocycles. The highest BCUT2D eigenvalue weighted by atomic mass is 35.5. The predicted octanol–water partition coefficient (Wildman–Crippen LogP) is 2.35. The maximum atomic E-state index is 13.0. The molecule has 1 amide bonds. The molecule has 0 aliphatic carbocycles. The Kier molecular flexibility index (Phi) is 6.76. The van der Waals surface area contributed by atoms with Crippen LogP contribution >= 0.6 is 12.4 Å². The molecule has 0 aliphatic rings. The molecule has 1 rings (SSSR count). The van der Waals surface area contributed by atoms with Gasteiger partial charge in [0.05, 0.1) is 0 Å². The lowest BCUT2D eigenvalue weighted by atomic mass is 10.1. The maximum absolute atomic E-state index is 13.0. The molecule has 2 N–H and O–H groups in total. The highest BCUT2D eigenvalue weighted by Crippen LogP contribution is 2.14. The average molecular weight is 261 g/mol. The van der Waals surface area contributed by atoms with Gasteiger partial charge in [-0.15, -0.1) is 12.4 Å². The van der Waals surface area contributed by atoms with Crippen LogP contribution in [0.3, 0.4) is 0 Å². The number of amides is 1. The quantitative estimate of drug-likeness (QED) is 0.873. The first-order chi connectivity index (χ1) is 7.54. The summed E-state index contributed by atoms with van der Waals surface area (Å²) in [4.78, 5) is 11.7. The molecule has 0 spiro atoms. The van der Waals surface area contributed by atoms with E-state index in [1.807, 2.05) is 6.92 Å². The summed E-state index contributed by atoms with van der Waals surface area (Å²) in [6.07, 6.45) is 0. The van der Waals surface area contributed by atoms with Gasteiger partial charge in [-0.2, -0.15) is 0 Å². The number of aryl methyl sites for hydroxylation is 1. The van der Waals surface area contributed by atoms with Gasteiger partial charge in [-0.3, -0.25) is 4.79 Å². The van der Waals surface area contributed by atoms with Crippen molar-refractivity contribution < 1.29 is 9.18 Å². The molecule has 5 heteroatoms. The minimum atomic E-state index is -0.263. The normalized spacial score (nSPS) is 11.5. The van der Waals surface area contributed by atoms with Crippen molar-refractivity contribution in [2.24, 2.45) is 5.92 Å². The second-order valence-corrected chi connectivity index (χ2v) is 3.91.